The maximum atomic E-state index is 14.2. The monoisotopic (exact) mass is 558 g/mol. The van der Waals surface area contributed by atoms with Gasteiger partial charge in [0.15, 0.2) is 11.6 Å². The molecule has 35 heavy (non-hydrogen) atoms. The molecule has 1 N–H and O–H groups in total. The molecule has 1 saturated heterocycles. The summed E-state index contributed by atoms with van der Waals surface area (Å²) in [6.45, 7) is 2.31. The van der Waals surface area contributed by atoms with Gasteiger partial charge in [0.1, 0.15) is 5.60 Å². The zero-order valence-corrected chi connectivity index (χ0v) is 20.5. The topological polar surface area (TPSA) is 41.6 Å². The van der Waals surface area contributed by atoms with Gasteiger partial charge in [-0.25, -0.2) is 8.78 Å². The Morgan fingerprint density at radius 3 is 2.60 bits per heavy atom. The quantitative estimate of drug-likeness (QED) is 0.498. The van der Waals surface area contributed by atoms with Crippen LogP contribution in [0.25, 0.3) is 0 Å². The van der Waals surface area contributed by atoms with E-state index in [9.17, 15) is 26.7 Å². The Morgan fingerprint density at radius 1 is 1.20 bits per heavy atom. The van der Waals surface area contributed by atoms with Crippen molar-refractivity contribution in [2.75, 3.05) is 13.1 Å². The van der Waals surface area contributed by atoms with E-state index >= 15 is 0 Å². The third kappa shape index (κ3) is 4.38. The number of fused-ring (bicyclic) bond motifs is 2. The van der Waals surface area contributed by atoms with E-state index in [1.165, 1.54) is 6.92 Å². The van der Waals surface area contributed by atoms with Gasteiger partial charge in [-0.05, 0) is 79.3 Å². The number of ether oxygens (including phenoxy) is 1. The Bertz CT molecular complexity index is 1180. The molecule has 2 aliphatic heterocycles. The van der Waals surface area contributed by atoms with Crippen LogP contribution in [0.4, 0.5) is 22.0 Å². The van der Waals surface area contributed by atoms with Crippen molar-refractivity contribution in [1.29, 1.82) is 0 Å². The lowest BCUT2D eigenvalue weighted by atomic mass is 9.75. The Labute approximate surface area is 207 Å². The first kappa shape index (κ1) is 24.6. The molecule has 2 fully saturated rings. The number of rotatable bonds is 4. The Kier molecular flexibility index (Phi) is 6.21. The first-order chi connectivity index (χ1) is 16.5. The van der Waals surface area contributed by atoms with Crippen LogP contribution < -0.4 is 5.32 Å². The smallest absolute Gasteiger partial charge is 0.365 e. The molecule has 0 radical (unpaired) electrons. The summed E-state index contributed by atoms with van der Waals surface area (Å²) >= 11 is 3.18. The number of alkyl halides is 3. The highest BCUT2D eigenvalue weighted by Gasteiger charge is 2.53. The summed E-state index contributed by atoms with van der Waals surface area (Å²) in [6, 6.07) is 4.81. The summed E-state index contributed by atoms with van der Waals surface area (Å²) in [5, 5.41) is 3.20. The van der Waals surface area contributed by atoms with E-state index in [2.05, 4.69) is 21.2 Å². The molecule has 1 saturated carbocycles. The van der Waals surface area contributed by atoms with Crippen LogP contribution >= 0.6 is 15.9 Å². The third-order valence-corrected chi connectivity index (χ3v) is 7.82. The molecule has 4 nitrogen and oxygen atoms in total. The van der Waals surface area contributed by atoms with Gasteiger partial charge in [-0.2, -0.15) is 13.2 Å². The standard InChI is InChI=1S/C25H24BrF5N2O2/c1-13-14(6-16(26)8-18(13)25(29,30)31)11-33(17-2-3-17)23(34)20-10-32-5-4-24(20)19-9-22(28)21(27)7-15(19)12-35-24/h6-9,17,20,32H,2-5,10-12H2,1H3. The van der Waals surface area contributed by atoms with Crippen LogP contribution in [0, 0.1) is 24.5 Å². The van der Waals surface area contributed by atoms with Crippen molar-refractivity contribution in [1.82, 2.24) is 10.2 Å². The highest BCUT2D eigenvalue weighted by Crippen LogP contribution is 2.48. The maximum absolute atomic E-state index is 14.2. The minimum absolute atomic E-state index is 0.0229. The van der Waals surface area contributed by atoms with E-state index in [1.807, 2.05) is 0 Å². The van der Waals surface area contributed by atoms with Gasteiger partial charge in [0.2, 0.25) is 5.91 Å². The third-order valence-electron chi connectivity index (χ3n) is 7.37. The summed E-state index contributed by atoms with van der Waals surface area (Å²) in [5.41, 5.74) is -0.375. The molecule has 2 atom stereocenters. The van der Waals surface area contributed by atoms with Crippen LogP contribution in [0.3, 0.4) is 0 Å². The van der Waals surface area contributed by atoms with Crippen molar-refractivity contribution >= 4 is 21.8 Å². The molecule has 2 heterocycles. The summed E-state index contributed by atoms with van der Waals surface area (Å²) < 4.78 is 75.2. The number of hydrogen-bond acceptors (Lipinski definition) is 3. The number of halogens is 6. The average Bonchev–Trinajstić information content (AvgIpc) is 3.59. The van der Waals surface area contributed by atoms with E-state index in [0.29, 0.717) is 29.7 Å². The highest BCUT2D eigenvalue weighted by molar-refractivity contribution is 9.10. The second-order valence-electron chi connectivity index (χ2n) is 9.54. The van der Waals surface area contributed by atoms with Gasteiger partial charge in [0.25, 0.3) is 0 Å². The molecule has 3 aliphatic rings. The lowest BCUT2D eigenvalue weighted by Crippen LogP contribution is -2.55. The van der Waals surface area contributed by atoms with Gasteiger partial charge >= 0.3 is 6.18 Å². The maximum Gasteiger partial charge on any atom is 0.416 e. The minimum Gasteiger partial charge on any atom is -0.365 e. The molecule has 2 unspecified atom stereocenters. The predicted octanol–water partition coefficient (Wildman–Crippen LogP) is 5.58. The minimum atomic E-state index is -4.52. The molecule has 10 heteroatoms. The molecule has 2 aromatic carbocycles. The summed E-state index contributed by atoms with van der Waals surface area (Å²) in [6.07, 6.45) is -2.60. The van der Waals surface area contributed by atoms with E-state index in [4.69, 9.17) is 4.74 Å². The van der Waals surface area contributed by atoms with Gasteiger partial charge in [-0.1, -0.05) is 15.9 Å². The number of carbonyl (C=O) groups excluding carboxylic acids is 1. The molecule has 1 amide bonds. The molecule has 1 spiro atoms. The van der Waals surface area contributed by atoms with Crippen molar-refractivity contribution < 1.29 is 31.5 Å². The summed E-state index contributed by atoms with van der Waals surface area (Å²) in [5.74, 6) is -2.95. The molecule has 1 aliphatic carbocycles. The molecular formula is C25H24BrF5N2O2. The first-order valence-electron chi connectivity index (χ1n) is 11.5. The van der Waals surface area contributed by atoms with Crippen LogP contribution in [-0.4, -0.2) is 29.9 Å². The predicted molar refractivity (Wildman–Crippen MR) is 121 cm³/mol. The average molecular weight is 559 g/mol. The van der Waals surface area contributed by atoms with E-state index < -0.39 is 34.9 Å². The fourth-order valence-corrected chi connectivity index (χ4v) is 5.88. The SMILES string of the molecule is Cc1c(CN(C(=O)C2CNCCC23OCc2cc(F)c(F)cc23)C2CC2)cc(Br)cc1C(F)(F)F. The Hall–Kier alpha value is -2.04. The molecule has 5 rings (SSSR count). The first-order valence-corrected chi connectivity index (χ1v) is 12.3. The van der Waals surface area contributed by atoms with Crippen molar-refractivity contribution in [2.24, 2.45) is 5.92 Å². The summed E-state index contributed by atoms with van der Waals surface area (Å²) in [4.78, 5) is 15.6. The normalized spacial score (nSPS) is 24.0. The molecule has 0 aromatic heterocycles. The number of piperidine rings is 1. The second kappa shape index (κ2) is 8.81. The number of amides is 1. The molecular weight excluding hydrogens is 535 g/mol. The Morgan fingerprint density at radius 2 is 1.91 bits per heavy atom. The van der Waals surface area contributed by atoms with Crippen LogP contribution in [0.1, 0.15) is 47.1 Å². The van der Waals surface area contributed by atoms with Gasteiger partial charge in [0.05, 0.1) is 18.1 Å². The number of nitrogens with zero attached hydrogens (tertiary/aromatic N) is 1. The molecule has 0 bridgehead atoms. The van der Waals surface area contributed by atoms with Gasteiger partial charge in [-0.3, -0.25) is 4.79 Å². The van der Waals surface area contributed by atoms with Crippen molar-refractivity contribution in [3.63, 3.8) is 0 Å². The van der Waals surface area contributed by atoms with Gasteiger partial charge in [0, 0.05) is 23.6 Å². The zero-order valence-electron chi connectivity index (χ0n) is 18.9. The van der Waals surface area contributed by atoms with Crippen LogP contribution in [0.2, 0.25) is 0 Å². The fraction of sp³-hybridized carbons (Fsp3) is 0.480. The van der Waals surface area contributed by atoms with E-state index in [1.54, 1.807) is 11.0 Å². The van der Waals surface area contributed by atoms with Crippen molar-refractivity contribution in [3.8, 4) is 0 Å². The van der Waals surface area contributed by atoms with Gasteiger partial charge in [-0.15, -0.1) is 0 Å². The lowest BCUT2D eigenvalue weighted by molar-refractivity contribution is -0.157. The van der Waals surface area contributed by atoms with Crippen LogP contribution in [0.15, 0.2) is 28.7 Å². The second-order valence-corrected chi connectivity index (χ2v) is 10.5. The van der Waals surface area contributed by atoms with E-state index in [-0.39, 0.29) is 41.7 Å². The number of hydrogen-bond donors (Lipinski definition) is 1. The van der Waals surface area contributed by atoms with Gasteiger partial charge < -0.3 is 15.0 Å². The zero-order chi connectivity index (χ0) is 25.1. The van der Waals surface area contributed by atoms with Crippen molar-refractivity contribution in [2.45, 2.75) is 57.2 Å². The van der Waals surface area contributed by atoms with Crippen LogP contribution in [-0.2, 0) is 34.5 Å². The molecule has 188 valence electrons. The fourth-order valence-electron chi connectivity index (χ4n) is 5.38. The van der Waals surface area contributed by atoms with Crippen molar-refractivity contribution in [3.05, 3.63) is 68.2 Å². The largest absolute Gasteiger partial charge is 0.416 e. The van der Waals surface area contributed by atoms with E-state index in [0.717, 1.165) is 31.0 Å². The lowest BCUT2D eigenvalue weighted by Gasteiger charge is -2.43. The highest BCUT2D eigenvalue weighted by atomic mass is 79.9. The number of benzene rings is 2. The number of nitrogens with one attached hydrogen (secondary N) is 1. The summed E-state index contributed by atoms with van der Waals surface area (Å²) in [7, 11) is 0. The Balaban J connectivity index is 1.51. The van der Waals surface area contributed by atoms with Crippen LogP contribution in [0.5, 0.6) is 0 Å². The number of carbonyl (C=O) groups is 1. The molecule has 2 aromatic rings.